The molecular formula is C11H15NO3S. The van der Waals surface area contributed by atoms with Gasteiger partial charge in [0, 0.05) is 12.7 Å². The maximum absolute atomic E-state index is 11.5. The van der Waals surface area contributed by atoms with Crippen molar-refractivity contribution in [2.75, 3.05) is 24.2 Å². The third kappa shape index (κ3) is 2.82. The van der Waals surface area contributed by atoms with E-state index >= 15 is 0 Å². The lowest BCUT2D eigenvalue weighted by atomic mass is 10.3. The van der Waals surface area contributed by atoms with Crippen molar-refractivity contribution in [3.8, 4) is 0 Å². The number of aldehydes is 1. The molecular weight excluding hydrogens is 226 g/mol. The zero-order valence-corrected chi connectivity index (χ0v) is 10.2. The van der Waals surface area contributed by atoms with E-state index in [9.17, 15) is 13.2 Å². The van der Waals surface area contributed by atoms with E-state index in [1.807, 2.05) is 0 Å². The predicted molar refractivity (Wildman–Crippen MR) is 63.5 cm³/mol. The molecule has 0 N–H and O–H groups in total. The van der Waals surface area contributed by atoms with E-state index in [4.69, 9.17) is 0 Å². The van der Waals surface area contributed by atoms with Gasteiger partial charge < -0.3 is 9.69 Å². The van der Waals surface area contributed by atoms with Gasteiger partial charge >= 0.3 is 0 Å². The van der Waals surface area contributed by atoms with Crippen LogP contribution in [0.2, 0.25) is 0 Å². The van der Waals surface area contributed by atoms with Crippen LogP contribution in [0, 0.1) is 0 Å². The van der Waals surface area contributed by atoms with E-state index in [-0.39, 0.29) is 5.75 Å². The Labute approximate surface area is 95.8 Å². The van der Waals surface area contributed by atoms with Gasteiger partial charge in [-0.25, -0.2) is 8.42 Å². The first-order chi connectivity index (χ1) is 7.51. The summed E-state index contributed by atoms with van der Waals surface area (Å²) < 4.78 is 23.1. The number of carbonyl (C=O) groups excluding carboxylic acids is 1. The Hall–Kier alpha value is -1.36. The Morgan fingerprint density at radius 2 is 1.81 bits per heavy atom. The highest BCUT2D eigenvalue weighted by atomic mass is 32.2. The van der Waals surface area contributed by atoms with Gasteiger partial charge in [-0.3, -0.25) is 0 Å². The predicted octanol–water partition coefficient (Wildman–Crippen LogP) is 1.12. The number of likely N-dealkylation sites (N-methyl/N-ethyl adjacent to an activating group) is 1. The summed E-state index contributed by atoms with van der Waals surface area (Å²) in [6.07, 6.45) is 0.802. The number of sulfone groups is 1. The second-order valence-electron chi connectivity index (χ2n) is 3.44. The molecule has 4 nitrogen and oxygen atoms in total. The summed E-state index contributed by atoms with van der Waals surface area (Å²) >= 11 is 0. The van der Waals surface area contributed by atoms with E-state index in [2.05, 4.69) is 0 Å². The van der Waals surface area contributed by atoms with E-state index in [0.717, 1.165) is 12.0 Å². The monoisotopic (exact) mass is 241 g/mol. The molecule has 1 rings (SSSR count). The van der Waals surface area contributed by atoms with E-state index < -0.39 is 9.84 Å². The van der Waals surface area contributed by atoms with Crippen LogP contribution in [0.15, 0.2) is 29.2 Å². The van der Waals surface area contributed by atoms with Crippen LogP contribution in [0.1, 0.15) is 6.92 Å². The van der Waals surface area contributed by atoms with Crippen LogP contribution in [0.5, 0.6) is 0 Å². The van der Waals surface area contributed by atoms with Crippen LogP contribution in [-0.2, 0) is 14.6 Å². The number of nitrogens with zero attached hydrogens (tertiary/aromatic N) is 1. The summed E-state index contributed by atoms with van der Waals surface area (Å²) in [7, 11) is -1.37. The fourth-order valence-electron chi connectivity index (χ4n) is 1.29. The molecule has 0 spiro atoms. The molecule has 0 amide bonds. The third-order valence-corrected chi connectivity index (χ3v) is 4.12. The molecule has 0 aliphatic heterocycles. The van der Waals surface area contributed by atoms with Gasteiger partial charge in [0.1, 0.15) is 6.29 Å². The van der Waals surface area contributed by atoms with Crippen LogP contribution in [0.25, 0.3) is 0 Å². The second kappa shape index (κ2) is 5.12. The van der Waals surface area contributed by atoms with Crippen LogP contribution >= 0.6 is 0 Å². The molecule has 0 aliphatic carbocycles. The molecule has 0 unspecified atom stereocenters. The summed E-state index contributed by atoms with van der Waals surface area (Å²) in [5.41, 5.74) is 0.821. The van der Waals surface area contributed by atoms with Gasteiger partial charge in [-0.05, 0) is 24.3 Å². The first kappa shape index (κ1) is 12.7. The Bertz CT molecular complexity index is 451. The molecule has 0 aliphatic rings. The lowest BCUT2D eigenvalue weighted by Crippen LogP contribution is -2.19. The molecule has 0 saturated carbocycles. The van der Waals surface area contributed by atoms with Crippen LogP contribution < -0.4 is 4.90 Å². The maximum atomic E-state index is 11.5. The first-order valence-electron chi connectivity index (χ1n) is 4.99. The minimum atomic E-state index is -3.14. The SMILES string of the molecule is CCS(=O)(=O)c1ccc(N(C)CC=O)cc1. The minimum Gasteiger partial charge on any atom is -0.368 e. The molecule has 0 heterocycles. The molecule has 0 aromatic heterocycles. The summed E-state index contributed by atoms with van der Waals surface area (Å²) in [6, 6.07) is 6.53. The van der Waals surface area contributed by atoms with E-state index in [1.165, 1.54) is 0 Å². The van der Waals surface area contributed by atoms with Crippen molar-refractivity contribution in [1.82, 2.24) is 0 Å². The van der Waals surface area contributed by atoms with Crippen molar-refractivity contribution in [1.29, 1.82) is 0 Å². The average Bonchev–Trinajstić information content (AvgIpc) is 2.29. The summed E-state index contributed by atoms with van der Waals surface area (Å²) in [6.45, 7) is 1.90. The lowest BCUT2D eigenvalue weighted by molar-refractivity contribution is -0.106. The van der Waals surface area contributed by atoms with Gasteiger partial charge in [0.15, 0.2) is 9.84 Å². The Morgan fingerprint density at radius 1 is 1.25 bits per heavy atom. The first-order valence-corrected chi connectivity index (χ1v) is 6.64. The summed E-state index contributed by atoms with van der Waals surface area (Å²) in [5.74, 6) is 0.0938. The zero-order chi connectivity index (χ0) is 12.2. The summed E-state index contributed by atoms with van der Waals surface area (Å²) in [5, 5.41) is 0. The van der Waals surface area contributed by atoms with E-state index in [0.29, 0.717) is 11.4 Å². The van der Waals surface area contributed by atoms with Gasteiger partial charge in [0.2, 0.25) is 0 Å². The van der Waals surface area contributed by atoms with Gasteiger partial charge in [-0.1, -0.05) is 6.92 Å². The van der Waals surface area contributed by atoms with Crippen LogP contribution in [-0.4, -0.2) is 34.0 Å². The molecule has 88 valence electrons. The molecule has 0 saturated heterocycles. The van der Waals surface area contributed by atoms with Crippen molar-refractivity contribution in [3.63, 3.8) is 0 Å². The zero-order valence-electron chi connectivity index (χ0n) is 9.38. The van der Waals surface area contributed by atoms with Gasteiger partial charge in [-0.15, -0.1) is 0 Å². The topological polar surface area (TPSA) is 54.5 Å². The maximum Gasteiger partial charge on any atom is 0.178 e. The van der Waals surface area contributed by atoms with Crippen molar-refractivity contribution in [2.45, 2.75) is 11.8 Å². The quantitative estimate of drug-likeness (QED) is 0.725. The molecule has 0 fully saturated rings. The average molecular weight is 241 g/mol. The van der Waals surface area contributed by atoms with Crippen LogP contribution in [0.4, 0.5) is 5.69 Å². The van der Waals surface area contributed by atoms with Crippen molar-refractivity contribution in [2.24, 2.45) is 0 Å². The highest BCUT2D eigenvalue weighted by molar-refractivity contribution is 7.91. The number of hydrogen-bond acceptors (Lipinski definition) is 4. The van der Waals surface area contributed by atoms with Crippen molar-refractivity contribution >= 4 is 21.8 Å². The normalized spacial score (nSPS) is 11.1. The molecule has 0 atom stereocenters. The minimum absolute atomic E-state index is 0.0938. The molecule has 0 bridgehead atoms. The lowest BCUT2D eigenvalue weighted by Gasteiger charge is -2.15. The Kier molecular flexibility index (Phi) is 4.06. The number of rotatable bonds is 5. The summed E-state index contributed by atoms with van der Waals surface area (Å²) in [4.78, 5) is 12.4. The molecule has 1 aromatic carbocycles. The van der Waals surface area contributed by atoms with Gasteiger partial charge in [0.05, 0.1) is 17.2 Å². The van der Waals surface area contributed by atoms with Gasteiger partial charge in [-0.2, -0.15) is 0 Å². The Morgan fingerprint density at radius 3 is 2.25 bits per heavy atom. The van der Waals surface area contributed by atoms with E-state index in [1.54, 1.807) is 43.1 Å². The van der Waals surface area contributed by atoms with Crippen molar-refractivity contribution < 1.29 is 13.2 Å². The highest BCUT2D eigenvalue weighted by Crippen LogP contribution is 2.17. The largest absolute Gasteiger partial charge is 0.368 e. The van der Waals surface area contributed by atoms with Crippen LogP contribution in [0.3, 0.4) is 0 Å². The number of carbonyl (C=O) groups is 1. The highest BCUT2D eigenvalue weighted by Gasteiger charge is 2.11. The number of anilines is 1. The second-order valence-corrected chi connectivity index (χ2v) is 5.72. The molecule has 1 aromatic rings. The Balaban J connectivity index is 2.96. The fourth-order valence-corrected chi connectivity index (χ4v) is 2.18. The number of benzene rings is 1. The smallest absolute Gasteiger partial charge is 0.178 e. The van der Waals surface area contributed by atoms with Gasteiger partial charge in [0.25, 0.3) is 0 Å². The molecule has 0 radical (unpaired) electrons. The molecule has 5 heteroatoms. The molecule has 16 heavy (non-hydrogen) atoms. The van der Waals surface area contributed by atoms with Crippen molar-refractivity contribution in [3.05, 3.63) is 24.3 Å². The fraction of sp³-hybridized carbons (Fsp3) is 0.364. The third-order valence-electron chi connectivity index (χ3n) is 2.37. The standard InChI is InChI=1S/C11H15NO3S/c1-3-16(14,15)11-6-4-10(5-7-11)12(2)8-9-13/h4-7,9H,3,8H2,1-2H3. The number of hydrogen-bond donors (Lipinski definition) is 0.